The van der Waals surface area contributed by atoms with Crippen LogP contribution in [0.25, 0.3) is 0 Å². The second-order valence-electron chi connectivity index (χ2n) is 6.79. The van der Waals surface area contributed by atoms with Gasteiger partial charge in [0.15, 0.2) is 0 Å². The van der Waals surface area contributed by atoms with E-state index in [4.69, 9.17) is 0 Å². The molecule has 0 unspecified atom stereocenters. The number of carbonyl (C=O) groups excluding carboxylic acids is 1. The third kappa shape index (κ3) is 2.84. The first-order chi connectivity index (χ1) is 10.4. The predicted molar refractivity (Wildman–Crippen MR) is 91.7 cm³/mol. The number of benzene rings is 2. The minimum Gasteiger partial charge on any atom is -0.384 e. The van der Waals surface area contributed by atoms with E-state index in [-0.39, 0.29) is 11.3 Å². The van der Waals surface area contributed by atoms with Gasteiger partial charge < -0.3 is 10.6 Å². The number of anilines is 2. The van der Waals surface area contributed by atoms with Gasteiger partial charge in [-0.1, -0.05) is 39.0 Å². The number of hydrogen-bond donors (Lipinski definition) is 2. The standard InChI is InChI=1S/C19H22N2O/c1-19(2,3)14-9-7-13(8-10-14)18(22)21-17-6-4-5-16-15(17)11-12-20-16/h4-10,20H,11-12H2,1-3H3,(H,21,22). The van der Waals surface area contributed by atoms with Crippen molar-refractivity contribution < 1.29 is 4.79 Å². The van der Waals surface area contributed by atoms with E-state index < -0.39 is 0 Å². The summed E-state index contributed by atoms with van der Waals surface area (Å²) < 4.78 is 0. The van der Waals surface area contributed by atoms with Crippen LogP contribution in [-0.4, -0.2) is 12.5 Å². The first kappa shape index (κ1) is 14.6. The molecule has 3 nitrogen and oxygen atoms in total. The van der Waals surface area contributed by atoms with Gasteiger partial charge in [-0.3, -0.25) is 4.79 Å². The van der Waals surface area contributed by atoms with Crippen molar-refractivity contribution in [3.8, 4) is 0 Å². The first-order valence-corrected chi connectivity index (χ1v) is 7.73. The summed E-state index contributed by atoms with van der Waals surface area (Å²) in [5.41, 5.74) is 5.25. The molecule has 1 aliphatic rings. The summed E-state index contributed by atoms with van der Waals surface area (Å²) in [6, 6.07) is 13.9. The van der Waals surface area contributed by atoms with Crippen molar-refractivity contribution in [2.75, 3.05) is 17.2 Å². The summed E-state index contributed by atoms with van der Waals surface area (Å²) in [5, 5.41) is 6.36. The Kier molecular flexibility index (Phi) is 3.65. The van der Waals surface area contributed by atoms with Crippen LogP contribution in [0.2, 0.25) is 0 Å². The molecule has 0 bridgehead atoms. The zero-order valence-corrected chi connectivity index (χ0v) is 13.4. The molecule has 0 saturated heterocycles. The highest BCUT2D eigenvalue weighted by Gasteiger charge is 2.17. The summed E-state index contributed by atoms with van der Waals surface area (Å²) in [6.07, 6.45) is 0.953. The van der Waals surface area contributed by atoms with Crippen LogP contribution < -0.4 is 10.6 Å². The Morgan fingerprint density at radius 3 is 2.50 bits per heavy atom. The topological polar surface area (TPSA) is 41.1 Å². The van der Waals surface area contributed by atoms with Crippen LogP contribution in [0, 0.1) is 0 Å². The fourth-order valence-electron chi connectivity index (χ4n) is 2.78. The van der Waals surface area contributed by atoms with Gasteiger partial charge in [0.25, 0.3) is 5.91 Å². The summed E-state index contributed by atoms with van der Waals surface area (Å²) in [4.78, 5) is 12.4. The molecule has 114 valence electrons. The van der Waals surface area contributed by atoms with Gasteiger partial charge in [-0.05, 0) is 41.7 Å². The molecule has 22 heavy (non-hydrogen) atoms. The van der Waals surface area contributed by atoms with Crippen LogP contribution in [0.3, 0.4) is 0 Å². The van der Waals surface area contributed by atoms with Crippen molar-refractivity contribution >= 4 is 17.3 Å². The van der Waals surface area contributed by atoms with Gasteiger partial charge in [0.2, 0.25) is 0 Å². The van der Waals surface area contributed by atoms with Crippen LogP contribution in [0.5, 0.6) is 0 Å². The monoisotopic (exact) mass is 294 g/mol. The molecule has 1 aliphatic heterocycles. The maximum absolute atomic E-state index is 12.4. The third-order valence-electron chi connectivity index (χ3n) is 4.13. The summed E-state index contributed by atoms with van der Waals surface area (Å²) in [6.45, 7) is 7.44. The van der Waals surface area contributed by atoms with Crippen molar-refractivity contribution in [1.82, 2.24) is 0 Å². The lowest BCUT2D eigenvalue weighted by atomic mass is 9.86. The SMILES string of the molecule is CC(C)(C)c1ccc(C(=O)Nc2cccc3c2CCN3)cc1. The Balaban J connectivity index is 1.79. The van der Waals surface area contributed by atoms with Crippen LogP contribution in [0.15, 0.2) is 42.5 Å². The summed E-state index contributed by atoms with van der Waals surface area (Å²) in [5.74, 6) is -0.0549. The number of rotatable bonds is 2. The zero-order valence-electron chi connectivity index (χ0n) is 13.4. The smallest absolute Gasteiger partial charge is 0.255 e. The van der Waals surface area contributed by atoms with E-state index in [1.54, 1.807) is 0 Å². The Labute approximate surface area is 131 Å². The molecule has 2 N–H and O–H groups in total. The number of carbonyl (C=O) groups is 1. The molecule has 0 fully saturated rings. The minimum atomic E-state index is -0.0549. The lowest BCUT2D eigenvalue weighted by Gasteiger charge is -2.19. The number of nitrogens with one attached hydrogen (secondary N) is 2. The van der Waals surface area contributed by atoms with Crippen LogP contribution in [0.4, 0.5) is 11.4 Å². The highest BCUT2D eigenvalue weighted by Crippen LogP contribution is 2.29. The van der Waals surface area contributed by atoms with Gasteiger partial charge >= 0.3 is 0 Å². The van der Waals surface area contributed by atoms with Crippen molar-refractivity contribution in [1.29, 1.82) is 0 Å². The van der Waals surface area contributed by atoms with Gasteiger partial charge in [-0.2, -0.15) is 0 Å². The average molecular weight is 294 g/mol. The molecule has 0 atom stereocenters. The first-order valence-electron chi connectivity index (χ1n) is 7.73. The molecule has 3 rings (SSSR count). The largest absolute Gasteiger partial charge is 0.384 e. The van der Waals surface area contributed by atoms with E-state index in [0.29, 0.717) is 5.56 Å². The molecular weight excluding hydrogens is 272 g/mol. The second kappa shape index (κ2) is 5.48. The third-order valence-corrected chi connectivity index (χ3v) is 4.13. The molecule has 1 amide bonds. The van der Waals surface area contributed by atoms with Gasteiger partial charge in [-0.25, -0.2) is 0 Å². The molecule has 1 heterocycles. The normalized spacial score (nSPS) is 13.4. The van der Waals surface area contributed by atoms with Gasteiger partial charge in [0.05, 0.1) is 0 Å². The Hall–Kier alpha value is -2.29. The van der Waals surface area contributed by atoms with Gasteiger partial charge in [0.1, 0.15) is 0 Å². The molecular formula is C19H22N2O. The van der Waals surface area contributed by atoms with Gasteiger partial charge in [-0.15, -0.1) is 0 Å². The maximum Gasteiger partial charge on any atom is 0.255 e. The van der Waals surface area contributed by atoms with Crippen molar-refractivity contribution in [3.05, 3.63) is 59.2 Å². The van der Waals surface area contributed by atoms with E-state index in [1.807, 2.05) is 36.4 Å². The molecule has 2 aromatic carbocycles. The highest BCUT2D eigenvalue weighted by molar-refractivity contribution is 6.05. The fraction of sp³-hybridized carbons (Fsp3) is 0.316. The second-order valence-corrected chi connectivity index (χ2v) is 6.79. The van der Waals surface area contributed by atoms with Crippen LogP contribution >= 0.6 is 0 Å². The molecule has 0 aliphatic carbocycles. The summed E-state index contributed by atoms with van der Waals surface area (Å²) in [7, 11) is 0. The Morgan fingerprint density at radius 1 is 1.09 bits per heavy atom. The molecule has 0 radical (unpaired) electrons. The van der Waals surface area contributed by atoms with Crippen molar-refractivity contribution in [2.24, 2.45) is 0 Å². The molecule has 0 saturated carbocycles. The van der Waals surface area contributed by atoms with Crippen LogP contribution in [-0.2, 0) is 11.8 Å². The van der Waals surface area contributed by atoms with E-state index in [9.17, 15) is 4.79 Å². The number of amides is 1. The molecule has 0 aromatic heterocycles. The van der Waals surface area contributed by atoms with E-state index in [1.165, 1.54) is 11.1 Å². The van der Waals surface area contributed by atoms with E-state index in [0.717, 1.165) is 24.3 Å². The molecule has 3 heteroatoms. The van der Waals surface area contributed by atoms with Crippen molar-refractivity contribution in [2.45, 2.75) is 32.6 Å². The average Bonchev–Trinajstić information content (AvgIpc) is 2.96. The number of fused-ring (bicyclic) bond motifs is 1. The van der Waals surface area contributed by atoms with E-state index in [2.05, 4.69) is 37.5 Å². The van der Waals surface area contributed by atoms with E-state index >= 15 is 0 Å². The zero-order chi connectivity index (χ0) is 15.7. The fourth-order valence-corrected chi connectivity index (χ4v) is 2.78. The van der Waals surface area contributed by atoms with Crippen molar-refractivity contribution in [3.63, 3.8) is 0 Å². The quantitative estimate of drug-likeness (QED) is 0.871. The minimum absolute atomic E-state index is 0.0549. The Bertz CT molecular complexity index is 696. The molecule has 0 spiro atoms. The highest BCUT2D eigenvalue weighted by atomic mass is 16.1. The predicted octanol–water partition coefficient (Wildman–Crippen LogP) is 4.20. The lowest BCUT2D eigenvalue weighted by molar-refractivity contribution is 0.102. The van der Waals surface area contributed by atoms with Crippen LogP contribution in [0.1, 0.15) is 42.3 Å². The van der Waals surface area contributed by atoms with Gasteiger partial charge in [0, 0.05) is 29.0 Å². The maximum atomic E-state index is 12.4. The summed E-state index contributed by atoms with van der Waals surface area (Å²) >= 11 is 0. The number of hydrogen-bond acceptors (Lipinski definition) is 2. The Morgan fingerprint density at radius 2 is 1.82 bits per heavy atom. The lowest BCUT2D eigenvalue weighted by Crippen LogP contribution is -2.15. The molecule has 2 aromatic rings.